The lowest BCUT2D eigenvalue weighted by molar-refractivity contribution is 0.0765. The first-order valence-electron chi connectivity index (χ1n) is 5.90. The summed E-state index contributed by atoms with van der Waals surface area (Å²) in [7, 11) is 1.51. The standard InChI is InChI=1S/C13H17ClN2O2S/c1-3-16(7-6-12(15)19)13(17)10-5-4-9(14)8-11(10)18-2/h4-5,8H,3,6-7H2,1-2H3,(H2,15,19). The maximum absolute atomic E-state index is 12.4. The molecule has 0 saturated heterocycles. The van der Waals surface area contributed by atoms with Crippen LogP contribution in [-0.4, -0.2) is 36.0 Å². The van der Waals surface area contributed by atoms with Crippen molar-refractivity contribution in [3.63, 3.8) is 0 Å². The van der Waals surface area contributed by atoms with Crippen LogP contribution in [0.2, 0.25) is 5.02 Å². The SMILES string of the molecule is CCN(CCC(N)=S)C(=O)c1ccc(Cl)cc1OC. The monoisotopic (exact) mass is 300 g/mol. The number of methoxy groups -OCH3 is 1. The average Bonchev–Trinajstić information content (AvgIpc) is 2.38. The number of nitrogens with zero attached hydrogens (tertiary/aromatic N) is 1. The number of thiocarbonyl (C=S) groups is 1. The first kappa shape index (κ1) is 15.7. The quantitative estimate of drug-likeness (QED) is 0.820. The third kappa shape index (κ3) is 4.36. The molecule has 0 radical (unpaired) electrons. The summed E-state index contributed by atoms with van der Waals surface area (Å²) >= 11 is 10.7. The number of rotatable bonds is 6. The van der Waals surface area contributed by atoms with Gasteiger partial charge < -0.3 is 15.4 Å². The van der Waals surface area contributed by atoms with E-state index in [-0.39, 0.29) is 5.91 Å². The zero-order valence-corrected chi connectivity index (χ0v) is 12.6. The van der Waals surface area contributed by atoms with Crippen molar-refractivity contribution in [2.75, 3.05) is 20.2 Å². The number of carbonyl (C=O) groups is 1. The van der Waals surface area contributed by atoms with Gasteiger partial charge in [0, 0.05) is 24.5 Å². The molecule has 0 aliphatic heterocycles. The number of hydrogen-bond donors (Lipinski definition) is 1. The minimum atomic E-state index is -0.118. The summed E-state index contributed by atoms with van der Waals surface area (Å²) < 4.78 is 5.19. The molecule has 104 valence electrons. The van der Waals surface area contributed by atoms with E-state index in [4.69, 9.17) is 34.3 Å². The van der Waals surface area contributed by atoms with Gasteiger partial charge in [0.05, 0.1) is 17.7 Å². The highest BCUT2D eigenvalue weighted by Gasteiger charge is 2.18. The third-order valence-electron chi connectivity index (χ3n) is 2.69. The summed E-state index contributed by atoms with van der Waals surface area (Å²) in [4.78, 5) is 14.5. The molecule has 0 aliphatic rings. The molecule has 0 unspecified atom stereocenters. The Labute approximate surface area is 123 Å². The summed E-state index contributed by atoms with van der Waals surface area (Å²) in [6.45, 7) is 2.98. The number of carbonyl (C=O) groups excluding carboxylic acids is 1. The molecule has 1 aromatic rings. The lowest BCUT2D eigenvalue weighted by Crippen LogP contribution is -2.33. The Balaban J connectivity index is 2.93. The Kier molecular flexibility index (Phi) is 6.05. The van der Waals surface area contributed by atoms with Crippen LogP contribution in [0.15, 0.2) is 18.2 Å². The van der Waals surface area contributed by atoms with Crippen LogP contribution in [0.1, 0.15) is 23.7 Å². The Morgan fingerprint density at radius 3 is 2.74 bits per heavy atom. The summed E-state index contributed by atoms with van der Waals surface area (Å²) in [5.74, 6) is 0.346. The second-order valence-electron chi connectivity index (χ2n) is 3.95. The van der Waals surface area contributed by atoms with Gasteiger partial charge >= 0.3 is 0 Å². The van der Waals surface area contributed by atoms with E-state index in [1.165, 1.54) is 7.11 Å². The molecule has 1 rings (SSSR count). The fourth-order valence-corrected chi connectivity index (χ4v) is 1.91. The summed E-state index contributed by atoms with van der Waals surface area (Å²) in [6, 6.07) is 4.95. The van der Waals surface area contributed by atoms with Crippen LogP contribution in [0.25, 0.3) is 0 Å². The van der Waals surface area contributed by atoms with E-state index in [1.807, 2.05) is 6.92 Å². The Bertz CT molecular complexity index is 480. The molecular formula is C13H17ClN2O2S. The molecule has 4 nitrogen and oxygen atoms in total. The van der Waals surface area contributed by atoms with Crippen molar-refractivity contribution in [1.82, 2.24) is 4.90 Å². The number of ether oxygens (including phenoxy) is 1. The van der Waals surface area contributed by atoms with Crippen molar-refractivity contribution in [3.05, 3.63) is 28.8 Å². The van der Waals surface area contributed by atoms with Crippen LogP contribution in [-0.2, 0) is 0 Å². The number of halogens is 1. The van der Waals surface area contributed by atoms with Gasteiger partial charge in [-0.15, -0.1) is 0 Å². The minimum Gasteiger partial charge on any atom is -0.496 e. The van der Waals surface area contributed by atoms with Gasteiger partial charge in [-0.05, 0) is 25.1 Å². The first-order chi connectivity index (χ1) is 8.99. The topological polar surface area (TPSA) is 55.6 Å². The van der Waals surface area contributed by atoms with Gasteiger partial charge in [0.15, 0.2) is 0 Å². The van der Waals surface area contributed by atoms with Gasteiger partial charge in [0.1, 0.15) is 5.75 Å². The van der Waals surface area contributed by atoms with Gasteiger partial charge in [0.25, 0.3) is 5.91 Å². The first-order valence-corrected chi connectivity index (χ1v) is 6.69. The van der Waals surface area contributed by atoms with Crippen LogP contribution in [0.5, 0.6) is 5.75 Å². The van der Waals surface area contributed by atoms with E-state index in [2.05, 4.69) is 0 Å². The Morgan fingerprint density at radius 1 is 1.53 bits per heavy atom. The number of hydrogen-bond acceptors (Lipinski definition) is 3. The number of amides is 1. The van der Waals surface area contributed by atoms with E-state index in [1.54, 1.807) is 23.1 Å². The fourth-order valence-electron chi connectivity index (χ4n) is 1.66. The van der Waals surface area contributed by atoms with Crippen molar-refractivity contribution in [2.45, 2.75) is 13.3 Å². The number of benzene rings is 1. The van der Waals surface area contributed by atoms with Crippen molar-refractivity contribution in [2.24, 2.45) is 5.73 Å². The molecule has 1 amide bonds. The molecule has 0 spiro atoms. The maximum Gasteiger partial charge on any atom is 0.257 e. The highest BCUT2D eigenvalue weighted by molar-refractivity contribution is 7.80. The van der Waals surface area contributed by atoms with Gasteiger partial charge in [0.2, 0.25) is 0 Å². The smallest absolute Gasteiger partial charge is 0.257 e. The molecule has 0 bridgehead atoms. The van der Waals surface area contributed by atoms with E-state index >= 15 is 0 Å². The molecular weight excluding hydrogens is 284 g/mol. The Hall–Kier alpha value is -1.33. The van der Waals surface area contributed by atoms with E-state index < -0.39 is 0 Å². The molecule has 0 aliphatic carbocycles. The molecule has 0 heterocycles. The van der Waals surface area contributed by atoms with Gasteiger partial charge in [-0.1, -0.05) is 23.8 Å². The van der Waals surface area contributed by atoms with Crippen molar-refractivity contribution in [1.29, 1.82) is 0 Å². The highest BCUT2D eigenvalue weighted by atomic mass is 35.5. The summed E-state index contributed by atoms with van der Waals surface area (Å²) in [5, 5.41) is 0.527. The molecule has 0 aromatic heterocycles. The van der Waals surface area contributed by atoms with Crippen molar-refractivity contribution < 1.29 is 9.53 Å². The van der Waals surface area contributed by atoms with Crippen molar-refractivity contribution >= 4 is 34.7 Å². The molecule has 0 atom stereocenters. The fraction of sp³-hybridized carbons (Fsp3) is 0.385. The van der Waals surface area contributed by atoms with E-state index in [9.17, 15) is 4.79 Å². The summed E-state index contributed by atoms with van der Waals surface area (Å²) in [6.07, 6.45) is 0.505. The minimum absolute atomic E-state index is 0.118. The van der Waals surface area contributed by atoms with Crippen molar-refractivity contribution in [3.8, 4) is 5.75 Å². The second-order valence-corrected chi connectivity index (χ2v) is 4.91. The normalized spacial score (nSPS) is 10.1. The van der Waals surface area contributed by atoms with Gasteiger partial charge in [-0.25, -0.2) is 0 Å². The highest BCUT2D eigenvalue weighted by Crippen LogP contribution is 2.24. The largest absolute Gasteiger partial charge is 0.496 e. The average molecular weight is 301 g/mol. The second kappa shape index (κ2) is 7.31. The zero-order valence-electron chi connectivity index (χ0n) is 11.0. The molecule has 6 heteroatoms. The molecule has 0 saturated carbocycles. The van der Waals surface area contributed by atoms with Crippen LogP contribution in [0.4, 0.5) is 0 Å². The molecule has 1 aromatic carbocycles. The number of nitrogens with two attached hydrogens (primary N) is 1. The van der Waals surface area contributed by atoms with Crippen LogP contribution >= 0.6 is 23.8 Å². The predicted octanol–water partition coefficient (Wildman–Crippen LogP) is 2.49. The zero-order chi connectivity index (χ0) is 14.4. The van der Waals surface area contributed by atoms with E-state index in [0.717, 1.165) is 0 Å². The van der Waals surface area contributed by atoms with E-state index in [0.29, 0.717) is 40.8 Å². The predicted molar refractivity (Wildman–Crippen MR) is 81.0 cm³/mol. The summed E-state index contributed by atoms with van der Waals surface area (Å²) in [5.41, 5.74) is 5.94. The van der Waals surface area contributed by atoms with Crippen LogP contribution in [0, 0.1) is 0 Å². The third-order valence-corrected chi connectivity index (χ3v) is 3.13. The molecule has 0 fully saturated rings. The maximum atomic E-state index is 12.4. The van der Waals surface area contributed by atoms with Gasteiger partial charge in [-0.2, -0.15) is 0 Å². The molecule has 19 heavy (non-hydrogen) atoms. The lowest BCUT2D eigenvalue weighted by atomic mass is 10.1. The van der Waals surface area contributed by atoms with Crippen LogP contribution in [0.3, 0.4) is 0 Å². The Morgan fingerprint density at radius 2 is 2.21 bits per heavy atom. The van der Waals surface area contributed by atoms with Crippen LogP contribution < -0.4 is 10.5 Å². The lowest BCUT2D eigenvalue weighted by Gasteiger charge is -2.21. The molecule has 2 N–H and O–H groups in total. The van der Waals surface area contributed by atoms with Gasteiger partial charge in [-0.3, -0.25) is 4.79 Å².